The van der Waals surface area contributed by atoms with E-state index in [4.69, 9.17) is 4.74 Å². The minimum absolute atomic E-state index is 0.226. The molecule has 3 aromatic rings. The van der Waals surface area contributed by atoms with Crippen molar-refractivity contribution >= 4 is 39.1 Å². The molecule has 2 aromatic heterocycles. The smallest absolute Gasteiger partial charge is 0.338 e. The van der Waals surface area contributed by atoms with Crippen LogP contribution in [-0.4, -0.2) is 27.6 Å². The fraction of sp³-hybridized carbons (Fsp3) is 0.300. The van der Waals surface area contributed by atoms with Crippen molar-refractivity contribution in [3.63, 3.8) is 0 Å². The quantitative estimate of drug-likeness (QED) is 0.598. The van der Waals surface area contributed by atoms with Crippen molar-refractivity contribution in [2.24, 2.45) is 0 Å². The van der Waals surface area contributed by atoms with Gasteiger partial charge >= 0.3 is 11.7 Å². The number of anilines is 1. The van der Waals surface area contributed by atoms with Gasteiger partial charge in [0.1, 0.15) is 11.2 Å². The number of fused-ring (bicyclic) bond motifs is 1. The molecule has 29 heavy (non-hydrogen) atoms. The Morgan fingerprint density at radius 3 is 2.45 bits per heavy atom. The third-order valence-corrected chi connectivity index (χ3v) is 5.16. The average Bonchev–Trinajstić information content (AvgIpc) is 3.19. The molecule has 0 saturated carbocycles. The summed E-state index contributed by atoms with van der Waals surface area (Å²) in [6.07, 6.45) is 0.630. The van der Waals surface area contributed by atoms with Gasteiger partial charge < -0.3 is 10.1 Å². The molecule has 0 unspecified atom stereocenters. The van der Waals surface area contributed by atoms with Gasteiger partial charge in [0.05, 0.1) is 17.7 Å². The van der Waals surface area contributed by atoms with Crippen molar-refractivity contribution in [2.45, 2.75) is 33.4 Å². The second-order valence-electron chi connectivity index (χ2n) is 6.31. The maximum Gasteiger partial charge on any atom is 0.338 e. The topological polar surface area (TPSA) is 99.4 Å². The molecule has 0 spiro atoms. The Labute approximate surface area is 170 Å². The van der Waals surface area contributed by atoms with Crippen LogP contribution in [0, 0.1) is 0 Å². The third kappa shape index (κ3) is 4.29. The Hall–Kier alpha value is -3.20. The number of esters is 1. The van der Waals surface area contributed by atoms with Gasteiger partial charge in [-0.3, -0.25) is 18.7 Å². The highest BCUT2D eigenvalue weighted by molar-refractivity contribution is 7.17. The molecule has 9 heteroatoms. The normalized spacial score (nSPS) is 10.8. The van der Waals surface area contributed by atoms with Crippen LogP contribution < -0.4 is 16.6 Å². The summed E-state index contributed by atoms with van der Waals surface area (Å²) in [6, 6.07) is 7.95. The number of ether oxygens (including phenoxy) is 1. The number of hydrogen-bond donors (Lipinski definition) is 1. The van der Waals surface area contributed by atoms with E-state index in [2.05, 4.69) is 5.32 Å². The molecule has 1 amide bonds. The summed E-state index contributed by atoms with van der Waals surface area (Å²) in [5.41, 5.74) is 0.487. The van der Waals surface area contributed by atoms with Crippen LogP contribution in [0.5, 0.6) is 0 Å². The predicted octanol–water partition coefficient (Wildman–Crippen LogP) is 2.45. The Balaban J connectivity index is 1.83. The highest BCUT2D eigenvalue weighted by Crippen LogP contribution is 2.16. The Bertz CT molecular complexity index is 1160. The zero-order valence-electron chi connectivity index (χ0n) is 16.1. The van der Waals surface area contributed by atoms with Crippen LogP contribution in [0.25, 0.3) is 10.2 Å². The number of aromatic nitrogens is 2. The van der Waals surface area contributed by atoms with Crippen molar-refractivity contribution in [1.29, 1.82) is 0 Å². The average molecular weight is 415 g/mol. The molecule has 0 aliphatic heterocycles. The molecule has 0 aliphatic carbocycles. The van der Waals surface area contributed by atoms with E-state index in [0.29, 0.717) is 34.4 Å². The number of hydrogen-bond acceptors (Lipinski definition) is 6. The van der Waals surface area contributed by atoms with Crippen molar-refractivity contribution in [3.8, 4) is 0 Å². The highest BCUT2D eigenvalue weighted by atomic mass is 32.1. The zero-order valence-corrected chi connectivity index (χ0v) is 17.0. The second kappa shape index (κ2) is 8.87. The number of carbonyl (C=O) groups excluding carboxylic acids is 2. The van der Waals surface area contributed by atoms with Crippen LogP contribution in [0.15, 0.2) is 45.3 Å². The lowest BCUT2D eigenvalue weighted by molar-refractivity contribution is -0.116. The molecule has 0 atom stereocenters. The summed E-state index contributed by atoms with van der Waals surface area (Å²) in [7, 11) is 0. The van der Waals surface area contributed by atoms with Gasteiger partial charge in [0.25, 0.3) is 5.56 Å². The van der Waals surface area contributed by atoms with E-state index in [0.717, 1.165) is 0 Å². The Kier molecular flexibility index (Phi) is 6.28. The van der Waals surface area contributed by atoms with Crippen LogP contribution in [0.3, 0.4) is 0 Å². The zero-order chi connectivity index (χ0) is 21.0. The van der Waals surface area contributed by atoms with E-state index in [1.54, 1.807) is 42.6 Å². The van der Waals surface area contributed by atoms with Gasteiger partial charge in [-0.2, -0.15) is 0 Å². The van der Waals surface area contributed by atoms with E-state index in [1.165, 1.54) is 20.5 Å². The molecule has 0 bridgehead atoms. The molecule has 0 fully saturated rings. The molecule has 0 radical (unpaired) electrons. The number of rotatable bonds is 7. The van der Waals surface area contributed by atoms with E-state index in [-0.39, 0.29) is 18.7 Å². The molecule has 2 heterocycles. The van der Waals surface area contributed by atoms with Gasteiger partial charge in [0.2, 0.25) is 5.91 Å². The molecule has 1 aromatic carbocycles. The highest BCUT2D eigenvalue weighted by Gasteiger charge is 2.16. The molecule has 8 nitrogen and oxygen atoms in total. The number of benzene rings is 1. The van der Waals surface area contributed by atoms with Gasteiger partial charge in [-0.05, 0) is 49.1 Å². The summed E-state index contributed by atoms with van der Waals surface area (Å²) in [5, 5.41) is 4.43. The number of amides is 1. The van der Waals surface area contributed by atoms with E-state index >= 15 is 0 Å². The molecule has 0 aliphatic rings. The molecular formula is C20H21N3O5S. The lowest BCUT2D eigenvalue weighted by Gasteiger charge is -2.12. The monoisotopic (exact) mass is 415 g/mol. The first-order valence-electron chi connectivity index (χ1n) is 9.24. The van der Waals surface area contributed by atoms with Gasteiger partial charge in [0, 0.05) is 12.2 Å². The van der Waals surface area contributed by atoms with Crippen LogP contribution in [-0.2, 0) is 22.6 Å². The molecular weight excluding hydrogens is 394 g/mol. The van der Waals surface area contributed by atoms with Crippen molar-refractivity contribution in [1.82, 2.24) is 9.13 Å². The molecule has 152 valence electrons. The minimum Gasteiger partial charge on any atom is -0.462 e. The van der Waals surface area contributed by atoms with Crippen LogP contribution in [0.1, 0.15) is 30.6 Å². The molecule has 0 saturated heterocycles. The Morgan fingerprint density at radius 2 is 1.79 bits per heavy atom. The predicted molar refractivity (Wildman–Crippen MR) is 112 cm³/mol. The first-order chi connectivity index (χ1) is 14.0. The summed E-state index contributed by atoms with van der Waals surface area (Å²) >= 11 is 1.25. The number of carbonyl (C=O) groups is 2. The minimum atomic E-state index is -0.504. The number of nitrogens with zero attached hydrogens (tertiary/aromatic N) is 2. The second-order valence-corrected chi connectivity index (χ2v) is 7.22. The standard InChI is InChI=1S/C20H21N3O5S/c1-3-10-22-18(25)17-15(9-11-29-17)23(20(22)27)12-16(24)21-14-7-5-13(6-8-14)19(26)28-4-2/h5-9,11H,3-4,10,12H2,1-2H3,(H,21,24). The summed E-state index contributed by atoms with van der Waals surface area (Å²) in [4.78, 5) is 49.5. The summed E-state index contributed by atoms with van der Waals surface area (Å²) < 4.78 is 7.85. The van der Waals surface area contributed by atoms with Gasteiger partial charge in [-0.1, -0.05) is 6.92 Å². The lowest BCUT2D eigenvalue weighted by Crippen LogP contribution is -2.41. The largest absolute Gasteiger partial charge is 0.462 e. The lowest BCUT2D eigenvalue weighted by atomic mass is 10.2. The SMILES string of the molecule is CCCn1c(=O)c2sccc2n(CC(=O)Nc2ccc(C(=O)OCC)cc2)c1=O. The first-order valence-corrected chi connectivity index (χ1v) is 10.1. The van der Waals surface area contributed by atoms with Crippen LogP contribution in [0.2, 0.25) is 0 Å². The fourth-order valence-corrected chi connectivity index (χ4v) is 3.80. The van der Waals surface area contributed by atoms with Crippen molar-refractivity contribution in [2.75, 3.05) is 11.9 Å². The van der Waals surface area contributed by atoms with Crippen LogP contribution in [0.4, 0.5) is 5.69 Å². The van der Waals surface area contributed by atoms with Gasteiger partial charge in [0.15, 0.2) is 0 Å². The van der Waals surface area contributed by atoms with Gasteiger partial charge in [-0.25, -0.2) is 9.59 Å². The number of nitrogens with one attached hydrogen (secondary N) is 1. The maximum atomic E-state index is 12.8. The van der Waals surface area contributed by atoms with Gasteiger partial charge in [-0.15, -0.1) is 11.3 Å². The third-order valence-electron chi connectivity index (χ3n) is 4.27. The number of thiophene rings is 1. The fourth-order valence-electron chi connectivity index (χ4n) is 2.96. The summed E-state index contributed by atoms with van der Waals surface area (Å²) in [5.74, 6) is -0.847. The molecule has 1 N–H and O–H groups in total. The van der Waals surface area contributed by atoms with Crippen LogP contribution >= 0.6 is 11.3 Å². The van der Waals surface area contributed by atoms with E-state index < -0.39 is 17.6 Å². The first kappa shape index (κ1) is 20.5. The Morgan fingerprint density at radius 1 is 1.07 bits per heavy atom. The van der Waals surface area contributed by atoms with E-state index in [1.807, 2.05) is 6.92 Å². The molecule has 3 rings (SSSR count). The summed E-state index contributed by atoms with van der Waals surface area (Å²) in [6.45, 7) is 3.95. The maximum absolute atomic E-state index is 12.8. The van der Waals surface area contributed by atoms with Crippen molar-refractivity contribution < 1.29 is 14.3 Å². The van der Waals surface area contributed by atoms with Crippen molar-refractivity contribution in [3.05, 3.63) is 62.1 Å². The van der Waals surface area contributed by atoms with E-state index in [9.17, 15) is 19.2 Å².